The van der Waals surface area contributed by atoms with Gasteiger partial charge in [-0.1, -0.05) is 18.2 Å². The maximum Gasteiger partial charge on any atom is 0.256 e. The van der Waals surface area contributed by atoms with Crippen LogP contribution in [-0.4, -0.2) is 23.8 Å². The van der Waals surface area contributed by atoms with Gasteiger partial charge in [-0.05, 0) is 49.4 Å². The predicted molar refractivity (Wildman–Crippen MR) is 116 cm³/mol. The molecule has 1 aliphatic rings. The minimum Gasteiger partial charge on any atom is -0.355 e. The Hall–Kier alpha value is -3.19. The van der Waals surface area contributed by atoms with Crippen molar-refractivity contribution in [1.29, 1.82) is 0 Å². The van der Waals surface area contributed by atoms with Crippen LogP contribution in [0.4, 0.5) is 17.2 Å². The highest BCUT2D eigenvalue weighted by molar-refractivity contribution is 7.10. The molecule has 0 aliphatic heterocycles. The number of amides is 2. The minimum atomic E-state index is -0.258. The van der Waals surface area contributed by atoms with Crippen LogP contribution in [0, 0.1) is 6.92 Å². The molecule has 2 aromatic heterocycles. The van der Waals surface area contributed by atoms with E-state index < -0.39 is 0 Å². The van der Waals surface area contributed by atoms with E-state index in [2.05, 4.69) is 20.9 Å². The second-order valence-corrected chi connectivity index (χ2v) is 7.96. The van der Waals surface area contributed by atoms with Crippen molar-refractivity contribution >= 4 is 40.3 Å². The maximum atomic E-state index is 13.0. The quantitative estimate of drug-likeness (QED) is 0.590. The fourth-order valence-corrected chi connectivity index (χ4v) is 4.61. The second kappa shape index (κ2) is 8.05. The van der Waals surface area contributed by atoms with Crippen molar-refractivity contribution < 1.29 is 9.59 Å². The summed E-state index contributed by atoms with van der Waals surface area (Å²) >= 11 is 1.64. The molecule has 2 heterocycles. The number of carbonyl (C=O) groups is 2. The van der Waals surface area contributed by atoms with E-state index in [1.165, 1.54) is 11.1 Å². The molecule has 0 atom stereocenters. The summed E-state index contributed by atoms with van der Waals surface area (Å²) in [7, 11) is 1.56. The average molecular weight is 407 g/mol. The Morgan fingerprint density at radius 1 is 1.10 bits per heavy atom. The maximum absolute atomic E-state index is 13.0. The minimum absolute atomic E-state index is 0.173. The van der Waals surface area contributed by atoms with E-state index in [1.54, 1.807) is 24.5 Å². The van der Waals surface area contributed by atoms with Crippen LogP contribution in [0.3, 0.4) is 0 Å². The van der Waals surface area contributed by atoms with E-state index >= 15 is 0 Å². The highest BCUT2D eigenvalue weighted by Gasteiger charge is 2.22. The molecule has 1 aromatic carbocycles. The number of nitrogens with zero attached hydrogens (tertiary/aromatic N) is 1. The van der Waals surface area contributed by atoms with Crippen LogP contribution in [0.5, 0.6) is 0 Å². The number of nitrogens with one attached hydrogen (secondary N) is 3. The van der Waals surface area contributed by atoms with E-state index in [4.69, 9.17) is 0 Å². The van der Waals surface area contributed by atoms with Crippen molar-refractivity contribution in [2.45, 2.75) is 26.2 Å². The molecule has 0 spiro atoms. The Balaban J connectivity index is 1.67. The standard InChI is InChI=1S/C22H22N4O2S/c1-13-6-3-4-8-17(13)25-20-18(10-14(11-24-20)21(27)23-2)26-22(28)16-12-29-19-9-5-7-15(16)19/h3-4,6,8,10-12H,5,7,9H2,1-2H3,(H,23,27)(H,24,25)(H,26,28). The summed E-state index contributed by atoms with van der Waals surface area (Å²) in [4.78, 5) is 30.8. The molecule has 0 radical (unpaired) electrons. The molecule has 0 saturated carbocycles. The number of pyridine rings is 1. The Kier molecular flexibility index (Phi) is 5.31. The Labute approximate surface area is 173 Å². The summed E-state index contributed by atoms with van der Waals surface area (Å²) in [6.45, 7) is 1.99. The van der Waals surface area contributed by atoms with Crippen LogP contribution in [0.2, 0.25) is 0 Å². The van der Waals surface area contributed by atoms with Crippen LogP contribution in [0.25, 0.3) is 0 Å². The van der Waals surface area contributed by atoms with Gasteiger partial charge in [-0.2, -0.15) is 0 Å². The number of hydrogen-bond acceptors (Lipinski definition) is 5. The number of fused-ring (bicyclic) bond motifs is 1. The van der Waals surface area contributed by atoms with Gasteiger partial charge in [-0.15, -0.1) is 11.3 Å². The molecule has 148 valence electrons. The summed E-state index contributed by atoms with van der Waals surface area (Å²) in [5.41, 5.74) is 4.66. The Morgan fingerprint density at radius 3 is 2.72 bits per heavy atom. The van der Waals surface area contributed by atoms with Crippen molar-refractivity contribution in [2.75, 3.05) is 17.7 Å². The molecule has 0 unspecified atom stereocenters. The van der Waals surface area contributed by atoms with Crippen LogP contribution in [0.15, 0.2) is 41.9 Å². The molecule has 1 aliphatic carbocycles. The van der Waals surface area contributed by atoms with Gasteiger partial charge in [-0.3, -0.25) is 9.59 Å². The number of aromatic nitrogens is 1. The molecule has 3 aromatic rings. The Morgan fingerprint density at radius 2 is 1.93 bits per heavy atom. The SMILES string of the molecule is CNC(=O)c1cnc(Nc2ccccc2C)c(NC(=O)c2csc3c2CCC3)c1. The van der Waals surface area contributed by atoms with E-state index in [1.807, 2.05) is 36.6 Å². The third-order valence-electron chi connectivity index (χ3n) is 5.08. The Bertz CT molecular complexity index is 1090. The predicted octanol–water partition coefficient (Wildman–Crippen LogP) is 4.30. The first-order chi connectivity index (χ1) is 14.1. The molecular weight excluding hydrogens is 384 g/mol. The fraction of sp³-hybridized carbons (Fsp3) is 0.227. The lowest BCUT2D eigenvalue weighted by Crippen LogP contribution is -2.20. The number of benzene rings is 1. The van der Waals surface area contributed by atoms with Gasteiger partial charge in [-0.25, -0.2) is 4.98 Å². The lowest BCUT2D eigenvalue weighted by Gasteiger charge is -2.15. The first kappa shape index (κ1) is 19.1. The van der Waals surface area contributed by atoms with Crippen molar-refractivity contribution in [1.82, 2.24) is 10.3 Å². The largest absolute Gasteiger partial charge is 0.355 e. The highest BCUT2D eigenvalue weighted by atomic mass is 32.1. The lowest BCUT2D eigenvalue weighted by atomic mass is 10.1. The van der Waals surface area contributed by atoms with E-state index in [0.717, 1.165) is 41.6 Å². The molecule has 29 heavy (non-hydrogen) atoms. The lowest BCUT2D eigenvalue weighted by molar-refractivity contribution is 0.0961. The van der Waals surface area contributed by atoms with Gasteiger partial charge in [0.1, 0.15) is 0 Å². The number of hydrogen-bond donors (Lipinski definition) is 3. The number of thiophene rings is 1. The van der Waals surface area contributed by atoms with Crippen LogP contribution in [0.1, 0.15) is 43.1 Å². The van der Waals surface area contributed by atoms with Crippen LogP contribution >= 0.6 is 11.3 Å². The summed E-state index contributed by atoms with van der Waals surface area (Å²) in [5, 5.41) is 10.7. The van der Waals surface area contributed by atoms with Gasteiger partial charge in [0.2, 0.25) is 0 Å². The first-order valence-electron chi connectivity index (χ1n) is 9.52. The number of carbonyl (C=O) groups excluding carboxylic acids is 2. The van der Waals surface area contributed by atoms with Crippen LogP contribution < -0.4 is 16.0 Å². The monoisotopic (exact) mass is 406 g/mol. The van der Waals surface area contributed by atoms with Crippen molar-refractivity contribution in [3.8, 4) is 0 Å². The van der Waals surface area contributed by atoms with Gasteiger partial charge in [0, 0.05) is 29.2 Å². The summed E-state index contributed by atoms with van der Waals surface area (Å²) in [6, 6.07) is 9.48. The molecule has 0 fully saturated rings. The number of anilines is 3. The second-order valence-electron chi connectivity index (χ2n) is 7.00. The smallest absolute Gasteiger partial charge is 0.256 e. The first-order valence-corrected chi connectivity index (χ1v) is 10.4. The molecule has 0 saturated heterocycles. The average Bonchev–Trinajstić information content (AvgIpc) is 3.34. The number of rotatable bonds is 5. The normalized spacial score (nSPS) is 12.3. The van der Waals surface area contributed by atoms with E-state index in [-0.39, 0.29) is 11.8 Å². The summed E-state index contributed by atoms with van der Waals surface area (Å²) < 4.78 is 0. The fourth-order valence-electron chi connectivity index (χ4n) is 3.48. The van der Waals surface area contributed by atoms with E-state index in [0.29, 0.717) is 17.1 Å². The van der Waals surface area contributed by atoms with Gasteiger partial charge in [0.05, 0.1) is 16.8 Å². The highest BCUT2D eigenvalue weighted by Crippen LogP contribution is 2.32. The summed E-state index contributed by atoms with van der Waals surface area (Å²) in [5.74, 6) is 0.0622. The van der Waals surface area contributed by atoms with Gasteiger partial charge in [0.15, 0.2) is 5.82 Å². The van der Waals surface area contributed by atoms with Crippen molar-refractivity contribution in [3.63, 3.8) is 0 Å². The van der Waals surface area contributed by atoms with E-state index in [9.17, 15) is 9.59 Å². The molecule has 3 N–H and O–H groups in total. The molecule has 2 amide bonds. The topological polar surface area (TPSA) is 83.1 Å². The van der Waals surface area contributed by atoms with Gasteiger partial charge < -0.3 is 16.0 Å². The third-order valence-corrected chi connectivity index (χ3v) is 6.17. The van der Waals surface area contributed by atoms with Gasteiger partial charge in [0.25, 0.3) is 11.8 Å². The molecule has 6 nitrogen and oxygen atoms in total. The zero-order valence-electron chi connectivity index (χ0n) is 16.3. The third kappa shape index (κ3) is 3.86. The molecular formula is C22H22N4O2S. The van der Waals surface area contributed by atoms with Crippen LogP contribution in [-0.2, 0) is 12.8 Å². The molecule has 4 rings (SSSR count). The zero-order valence-corrected chi connectivity index (χ0v) is 17.2. The number of aryl methyl sites for hydroxylation is 2. The summed E-state index contributed by atoms with van der Waals surface area (Å²) in [6.07, 6.45) is 4.57. The van der Waals surface area contributed by atoms with Crippen molar-refractivity contribution in [3.05, 3.63) is 69.0 Å². The zero-order chi connectivity index (χ0) is 20.4. The molecule has 7 heteroatoms. The number of para-hydroxylation sites is 1. The van der Waals surface area contributed by atoms with Crippen molar-refractivity contribution in [2.24, 2.45) is 0 Å². The van der Waals surface area contributed by atoms with Gasteiger partial charge >= 0.3 is 0 Å². The molecule has 0 bridgehead atoms.